The van der Waals surface area contributed by atoms with Crippen molar-refractivity contribution in [3.63, 3.8) is 0 Å². The van der Waals surface area contributed by atoms with Gasteiger partial charge in [0.15, 0.2) is 0 Å². The maximum Gasteiger partial charge on any atom is 0.335 e. The van der Waals surface area contributed by atoms with Crippen molar-refractivity contribution in [3.05, 3.63) is 121 Å². The highest BCUT2D eigenvalue weighted by Gasteiger charge is 2.44. The van der Waals surface area contributed by atoms with Gasteiger partial charge in [-0.1, -0.05) is 54.6 Å². The van der Waals surface area contributed by atoms with Gasteiger partial charge in [0.05, 0.1) is 11.3 Å². The van der Waals surface area contributed by atoms with Crippen molar-refractivity contribution >= 4 is 41.0 Å². The van der Waals surface area contributed by atoms with Crippen LogP contribution in [0.4, 0.5) is 5.69 Å². The summed E-state index contributed by atoms with van der Waals surface area (Å²) in [6.07, 6.45) is 2.75. The lowest BCUT2D eigenvalue weighted by atomic mass is 10.2. The second-order valence-electron chi connectivity index (χ2n) is 7.16. The molecule has 0 amide bonds. The molecule has 4 aromatic rings. The maximum atomic E-state index is 11.1. The largest absolute Gasteiger partial charge is 1.00 e. The van der Waals surface area contributed by atoms with E-state index in [1.54, 1.807) is 24.3 Å². The molecule has 3 nitrogen and oxygen atoms in total. The fraction of sp³-hybridized carbons (Fsp3) is 0.0370. The van der Waals surface area contributed by atoms with Crippen LogP contribution in [-0.4, -0.2) is 23.5 Å². The van der Waals surface area contributed by atoms with E-state index in [1.807, 2.05) is 24.4 Å². The number of carbonyl (C=O) groups is 1. The van der Waals surface area contributed by atoms with Crippen LogP contribution in [0.5, 0.6) is 0 Å². The van der Waals surface area contributed by atoms with E-state index in [9.17, 15) is 4.79 Å². The van der Waals surface area contributed by atoms with E-state index in [0.717, 1.165) is 11.8 Å². The maximum absolute atomic E-state index is 11.1. The summed E-state index contributed by atoms with van der Waals surface area (Å²) in [6.45, 7) is 0. The summed E-state index contributed by atoms with van der Waals surface area (Å²) in [7, 11) is -1.96. The number of carboxylic acid groups (broad SMARTS) is 1. The van der Waals surface area contributed by atoms with Gasteiger partial charge in [-0.05, 0) is 60.7 Å². The highest BCUT2D eigenvalue weighted by atomic mass is 35.5. The first-order chi connectivity index (χ1) is 15.2. The molecule has 32 heavy (non-hydrogen) atoms. The van der Waals surface area contributed by atoms with E-state index in [1.165, 1.54) is 15.9 Å². The Kier molecular flexibility index (Phi) is 7.94. The second kappa shape index (κ2) is 10.9. The number of rotatable bonds is 7. The molecule has 0 spiro atoms. The van der Waals surface area contributed by atoms with Crippen molar-refractivity contribution < 1.29 is 22.3 Å². The first-order valence-corrected chi connectivity index (χ1v) is 12.1. The molecule has 0 heterocycles. The molecule has 0 fully saturated rings. The first kappa shape index (κ1) is 23.4. The van der Waals surface area contributed by atoms with Gasteiger partial charge in [0.25, 0.3) is 0 Å². The predicted octanol–water partition coefficient (Wildman–Crippen LogP) is 2.09. The van der Waals surface area contributed by atoms with Gasteiger partial charge in [-0.3, -0.25) is 4.99 Å². The lowest BCUT2D eigenvalue weighted by Crippen LogP contribution is -3.00. The molecular formula is C27H23ClNO2P. The standard InChI is InChI=1S/C27H22NO2P.ClH/c29-27(30)22-16-18-23(19-17-22)28-20-21-31(24-10-4-1-5-11-24,25-12-6-2-7-13-25)26-14-8-3-9-15-26;/h1-20H,21H2;1H. The molecular weight excluding hydrogens is 437 g/mol. The molecule has 4 rings (SSSR count). The Morgan fingerprint density at radius 2 is 1.09 bits per heavy atom. The Hall–Kier alpha value is -3.26. The highest BCUT2D eigenvalue weighted by molar-refractivity contribution is 7.96. The van der Waals surface area contributed by atoms with E-state index in [2.05, 4.69) is 77.8 Å². The number of hydrogen-bond acceptors (Lipinski definition) is 2. The summed E-state index contributed by atoms with van der Waals surface area (Å²) in [6, 6.07) is 38.6. The van der Waals surface area contributed by atoms with Gasteiger partial charge < -0.3 is 17.5 Å². The van der Waals surface area contributed by atoms with Crippen LogP contribution in [0.15, 0.2) is 120 Å². The molecule has 0 aliphatic rings. The van der Waals surface area contributed by atoms with Gasteiger partial charge in [-0.2, -0.15) is 0 Å². The SMILES string of the molecule is O=C(O)c1ccc(N=CC[P+](c2ccccc2)(c2ccccc2)c2ccccc2)cc1.[Cl-]. The van der Waals surface area contributed by atoms with Crippen LogP contribution in [0.3, 0.4) is 0 Å². The van der Waals surface area contributed by atoms with E-state index < -0.39 is 13.2 Å². The Bertz CT molecular complexity index is 1070. The fourth-order valence-corrected chi connectivity index (χ4v) is 7.67. The average molecular weight is 460 g/mol. The summed E-state index contributed by atoms with van der Waals surface area (Å²) in [5.41, 5.74) is 1.01. The van der Waals surface area contributed by atoms with Crippen LogP contribution in [0.1, 0.15) is 10.4 Å². The predicted molar refractivity (Wildman–Crippen MR) is 132 cm³/mol. The van der Waals surface area contributed by atoms with Crippen molar-refractivity contribution in [1.82, 2.24) is 0 Å². The van der Waals surface area contributed by atoms with Crippen LogP contribution in [0.25, 0.3) is 0 Å². The Morgan fingerprint density at radius 1 is 0.688 bits per heavy atom. The van der Waals surface area contributed by atoms with Gasteiger partial charge in [-0.25, -0.2) is 4.79 Å². The van der Waals surface area contributed by atoms with E-state index in [0.29, 0.717) is 0 Å². The third kappa shape index (κ3) is 4.96. The molecule has 5 heteroatoms. The third-order valence-corrected chi connectivity index (χ3v) is 9.55. The second-order valence-corrected chi connectivity index (χ2v) is 10.7. The number of nitrogens with zero attached hydrogens (tertiary/aromatic N) is 1. The topological polar surface area (TPSA) is 49.7 Å². The van der Waals surface area contributed by atoms with Gasteiger partial charge in [0.2, 0.25) is 0 Å². The number of aromatic carboxylic acids is 1. The molecule has 4 aromatic carbocycles. The molecule has 0 aliphatic carbocycles. The number of aliphatic imine (C=N–C) groups is 1. The van der Waals surface area contributed by atoms with Crippen LogP contribution >= 0.6 is 7.26 Å². The molecule has 0 unspecified atom stereocenters. The summed E-state index contributed by atoms with van der Waals surface area (Å²) in [5.74, 6) is -0.933. The van der Waals surface area contributed by atoms with Gasteiger partial charge in [0.1, 0.15) is 29.3 Å². The van der Waals surface area contributed by atoms with Crippen LogP contribution in [0.2, 0.25) is 0 Å². The summed E-state index contributed by atoms with van der Waals surface area (Å²) >= 11 is 0. The zero-order chi connectivity index (χ0) is 21.5. The van der Waals surface area contributed by atoms with Crippen molar-refractivity contribution in [2.45, 2.75) is 0 Å². The Labute approximate surface area is 195 Å². The summed E-state index contributed by atoms with van der Waals surface area (Å²) in [4.78, 5) is 15.8. The van der Waals surface area contributed by atoms with E-state index >= 15 is 0 Å². The zero-order valence-corrected chi connectivity index (χ0v) is 19.0. The van der Waals surface area contributed by atoms with Crippen LogP contribution < -0.4 is 28.3 Å². The molecule has 0 atom stereocenters. The molecule has 0 saturated carbocycles. The van der Waals surface area contributed by atoms with E-state index in [-0.39, 0.29) is 18.0 Å². The minimum atomic E-state index is -1.96. The molecule has 160 valence electrons. The zero-order valence-electron chi connectivity index (χ0n) is 17.4. The van der Waals surface area contributed by atoms with Gasteiger partial charge in [-0.15, -0.1) is 0 Å². The number of hydrogen-bond donors (Lipinski definition) is 1. The van der Waals surface area contributed by atoms with Gasteiger partial charge >= 0.3 is 5.97 Å². The smallest absolute Gasteiger partial charge is 0.335 e. The van der Waals surface area contributed by atoms with E-state index in [4.69, 9.17) is 5.11 Å². The third-order valence-electron chi connectivity index (χ3n) is 5.30. The number of carboxylic acids is 1. The monoisotopic (exact) mass is 459 g/mol. The lowest BCUT2D eigenvalue weighted by molar-refractivity contribution is -0.0000215. The summed E-state index contributed by atoms with van der Waals surface area (Å²) < 4.78 is 0. The molecule has 1 N–H and O–H groups in total. The molecule has 0 saturated heterocycles. The number of benzene rings is 4. The lowest BCUT2D eigenvalue weighted by Gasteiger charge is -2.26. The summed E-state index contributed by atoms with van der Waals surface area (Å²) in [5, 5.41) is 13.0. The van der Waals surface area contributed by atoms with Crippen molar-refractivity contribution in [2.24, 2.45) is 4.99 Å². The molecule has 0 bridgehead atoms. The normalized spacial score (nSPS) is 11.1. The minimum absolute atomic E-state index is 0. The quantitative estimate of drug-likeness (QED) is 0.340. The minimum Gasteiger partial charge on any atom is -1.00 e. The molecule has 0 aromatic heterocycles. The number of halogens is 1. The van der Waals surface area contributed by atoms with Crippen molar-refractivity contribution in [3.8, 4) is 0 Å². The van der Waals surface area contributed by atoms with Gasteiger partial charge in [0, 0.05) is 6.21 Å². The van der Waals surface area contributed by atoms with Crippen LogP contribution in [0, 0.1) is 0 Å². The molecule has 0 radical (unpaired) electrons. The fourth-order valence-electron chi connectivity index (χ4n) is 3.77. The van der Waals surface area contributed by atoms with Crippen LogP contribution in [-0.2, 0) is 0 Å². The first-order valence-electron chi connectivity index (χ1n) is 10.1. The Morgan fingerprint density at radius 3 is 1.47 bits per heavy atom. The van der Waals surface area contributed by atoms with Crippen molar-refractivity contribution in [2.75, 3.05) is 6.16 Å². The highest BCUT2D eigenvalue weighted by Crippen LogP contribution is 2.54. The average Bonchev–Trinajstić information content (AvgIpc) is 2.84. The molecule has 0 aliphatic heterocycles. The van der Waals surface area contributed by atoms with Crippen molar-refractivity contribution in [1.29, 1.82) is 0 Å². The Balaban J connectivity index is 0.00000289.